The van der Waals surface area contributed by atoms with E-state index >= 15 is 0 Å². The van der Waals surface area contributed by atoms with Gasteiger partial charge in [0.05, 0.1) is 11.0 Å². The number of hydrogen-bond donors (Lipinski definition) is 0. The van der Waals surface area contributed by atoms with Crippen LogP contribution in [0.2, 0.25) is 0 Å². The minimum Gasteiger partial charge on any atom is -0.252 e. The molecule has 0 bridgehead atoms. The summed E-state index contributed by atoms with van der Waals surface area (Å²) in [5, 5.41) is 7.30. The van der Waals surface area contributed by atoms with Crippen molar-refractivity contribution in [3.63, 3.8) is 0 Å². The average Bonchev–Trinajstić information content (AvgIpc) is 3.57. The van der Waals surface area contributed by atoms with Crippen LogP contribution in [-0.4, -0.2) is 9.97 Å². The number of nitrogens with zero attached hydrogens (tertiary/aromatic N) is 2. The molecule has 0 amide bonds. The first kappa shape index (κ1) is 27.9. The number of aromatic nitrogens is 2. The first-order valence-corrected chi connectivity index (χ1v) is 17.4. The van der Waals surface area contributed by atoms with Crippen LogP contribution in [-0.2, 0) is 0 Å². The lowest BCUT2D eigenvalue weighted by atomic mass is 9.93. The van der Waals surface area contributed by atoms with Crippen molar-refractivity contribution >= 4 is 64.1 Å². The van der Waals surface area contributed by atoms with E-state index in [4.69, 9.17) is 9.97 Å². The maximum absolute atomic E-state index is 4.73. The summed E-state index contributed by atoms with van der Waals surface area (Å²) in [6, 6.07) is 57.4. The van der Waals surface area contributed by atoms with E-state index in [1.807, 2.05) is 11.3 Å². The van der Waals surface area contributed by atoms with Gasteiger partial charge in [-0.1, -0.05) is 127 Å². The highest BCUT2D eigenvalue weighted by atomic mass is 32.1. The lowest BCUT2D eigenvalue weighted by Crippen LogP contribution is -1.89. The fourth-order valence-corrected chi connectivity index (χ4v) is 8.65. The Balaban J connectivity index is 1.04. The van der Waals surface area contributed by atoms with E-state index in [2.05, 4.69) is 158 Å². The van der Waals surface area contributed by atoms with Crippen LogP contribution < -0.4 is 0 Å². The zero-order valence-electron chi connectivity index (χ0n) is 26.5. The van der Waals surface area contributed by atoms with Crippen molar-refractivity contribution in [2.75, 3.05) is 0 Å². The number of fused-ring (bicyclic) bond motifs is 9. The van der Waals surface area contributed by atoms with Crippen molar-refractivity contribution in [3.05, 3.63) is 170 Å². The molecule has 0 aliphatic rings. The third-order valence-electron chi connectivity index (χ3n) is 9.75. The molecule has 49 heavy (non-hydrogen) atoms. The molecule has 0 spiro atoms. The Morgan fingerprint density at radius 2 is 0.816 bits per heavy atom. The van der Waals surface area contributed by atoms with Gasteiger partial charge in [0, 0.05) is 43.3 Å². The van der Waals surface area contributed by atoms with E-state index in [0.29, 0.717) is 0 Å². The van der Waals surface area contributed by atoms with Crippen molar-refractivity contribution < 1.29 is 0 Å². The molecule has 3 heteroatoms. The number of rotatable bonds is 4. The molecule has 10 rings (SSSR count). The Kier molecular flexibility index (Phi) is 6.39. The SMILES string of the molecule is c1cc(-c2cccc(-c3ccc4c(c3)c3ccccc3c3nccnc43)c2)cc(-c2cccc(-c3cccc4c3sc3ccccc34)c2)c1. The Hall–Kier alpha value is -6.16. The molecule has 0 saturated heterocycles. The van der Waals surface area contributed by atoms with Gasteiger partial charge in [0.15, 0.2) is 0 Å². The standard InChI is InChI=1S/C46H28N2S/c1-2-17-39-37(15-1)42-28-34(21-22-40(42)45-44(39)47-23-24-48-45)32-12-6-10-30(26-32)29-9-5-11-31(25-29)33-13-7-14-35(27-33)36-18-8-19-41-38-16-3-4-20-43(38)49-46(36)41/h1-28H. The zero-order valence-corrected chi connectivity index (χ0v) is 27.3. The summed E-state index contributed by atoms with van der Waals surface area (Å²) in [5.74, 6) is 0. The van der Waals surface area contributed by atoms with Crippen LogP contribution in [0, 0.1) is 0 Å². The summed E-state index contributed by atoms with van der Waals surface area (Å²) in [6.45, 7) is 0. The van der Waals surface area contributed by atoms with Gasteiger partial charge in [0.25, 0.3) is 0 Å². The van der Waals surface area contributed by atoms with Crippen LogP contribution in [0.15, 0.2) is 170 Å². The predicted octanol–water partition coefficient (Wildman–Crippen LogP) is 13.0. The maximum atomic E-state index is 4.73. The van der Waals surface area contributed by atoms with Gasteiger partial charge in [-0.2, -0.15) is 0 Å². The molecule has 0 saturated carbocycles. The maximum Gasteiger partial charge on any atom is 0.0971 e. The molecule has 0 N–H and O–H groups in total. The lowest BCUT2D eigenvalue weighted by Gasteiger charge is -2.12. The van der Waals surface area contributed by atoms with Crippen LogP contribution in [0.25, 0.3) is 97.3 Å². The first-order chi connectivity index (χ1) is 24.3. The van der Waals surface area contributed by atoms with Crippen LogP contribution in [0.5, 0.6) is 0 Å². The Morgan fingerprint density at radius 3 is 1.49 bits per heavy atom. The minimum atomic E-state index is 0.942. The second-order valence-electron chi connectivity index (χ2n) is 12.6. The molecule has 2 nitrogen and oxygen atoms in total. The highest BCUT2D eigenvalue weighted by Gasteiger charge is 2.13. The van der Waals surface area contributed by atoms with Crippen LogP contribution in [0.1, 0.15) is 0 Å². The zero-order chi connectivity index (χ0) is 32.3. The van der Waals surface area contributed by atoms with Crippen molar-refractivity contribution in [2.24, 2.45) is 0 Å². The molecule has 228 valence electrons. The summed E-state index contributed by atoms with van der Waals surface area (Å²) in [7, 11) is 0. The topological polar surface area (TPSA) is 25.8 Å². The smallest absolute Gasteiger partial charge is 0.0971 e. The van der Waals surface area contributed by atoms with Crippen LogP contribution in [0.3, 0.4) is 0 Å². The normalized spacial score (nSPS) is 11.7. The van der Waals surface area contributed by atoms with E-state index in [1.165, 1.54) is 75.5 Å². The summed E-state index contributed by atoms with van der Waals surface area (Å²) in [6.07, 6.45) is 3.56. The third-order valence-corrected chi connectivity index (χ3v) is 11.0. The van der Waals surface area contributed by atoms with Gasteiger partial charge in [0.1, 0.15) is 0 Å². The monoisotopic (exact) mass is 640 g/mol. The van der Waals surface area contributed by atoms with Gasteiger partial charge < -0.3 is 0 Å². The van der Waals surface area contributed by atoms with Gasteiger partial charge in [-0.05, 0) is 85.6 Å². The molecule has 2 heterocycles. The first-order valence-electron chi connectivity index (χ1n) is 16.6. The molecule has 8 aromatic carbocycles. The second kappa shape index (κ2) is 11.2. The quantitative estimate of drug-likeness (QED) is 0.179. The van der Waals surface area contributed by atoms with E-state index in [1.54, 1.807) is 12.4 Å². The molecule has 0 radical (unpaired) electrons. The van der Waals surface area contributed by atoms with Gasteiger partial charge in [-0.25, -0.2) is 0 Å². The molecule has 0 fully saturated rings. The second-order valence-corrected chi connectivity index (χ2v) is 13.6. The van der Waals surface area contributed by atoms with Crippen molar-refractivity contribution in [1.82, 2.24) is 9.97 Å². The molecule has 10 aromatic rings. The molecular weight excluding hydrogens is 613 g/mol. The van der Waals surface area contributed by atoms with Gasteiger partial charge in [0.2, 0.25) is 0 Å². The minimum absolute atomic E-state index is 0.942. The predicted molar refractivity (Wildman–Crippen MR) is 209 cm³/mol. The molecule has 2 aromatic heterocycles. The van der Waals surface area contributed by atoms with Crippen molar-refractivity contribution in [3.8, 4) is 44.5 Å². The van der Waals surface area contributed by atoms with Crippen molar-refractivity contribution in [2.45, 2.75) is 0 Å². The average molecular weight is 641 g/mol. The fraction of sp³-hybridized carbons (Fsp3) is 0. The Labute approximate surface area is 287 Å². The van der Waals surface area contributed by atoms with E-state index in [-0.39, 0.29) is 0 Å². The summed E-state index contributed by atoms with van der Waals surface area (Å²) < 4.78 is 2.67. The lowest BCUT2D eigenvalue weighted by molar-refractivity contribution is 1.31. The Bertz CT molecular complexity index is 2870. The van der Waals surface area contributed by atoms with Gasteiger partial charge in [-0.15, -0.1) is 11.3 Å². The summed E-state index contributed by atoms with van der Waals surface area (Å²) in [4.78, 5) is 9.42. The molecule has 0 aliphatic heterocycles. The van der Waals surface area contributed by atoms with Gasteiger partial charge >= 0.3 is 0 Å². The highest BCUT2D eigenvalue weighted by Crippen LogP contribution is 2.41. The summed E-state index contributed by atoms with van der Waals surface area (Å²) in [5.41, 5.74) is 11.6. The van der Waals surface area contributed by atoms with E-state index in [9.17, 15) is 0 Å². The molecule has 0 unspecified atom stereocenters. The summed E-state index contributed by atoms with van der Waals surface area (Å²) >= 11 is 1.88. The van der Waals surface area contributed by atoms with Crippen LogP contribution >= 0.6 is 11.3 Å². The highest BCUT2D eigenvalue weighted by molar-refractivity contribution is 7.26. The van der Waals surface area contributed by atoms with Crippen LogP contribution in [0.4, 0.5) is 0 Å². The molecule has 0 atom stereocenters. The fourth-order valence-electron chi connectivity index (χ4n) is 7.41. The largest absolute Gasteiger partial charge is 0.252 e. The Morgan fingerprint density at radius 1 is 0.327 bits per heavy atom. The number of benzene rings is 8. The van der Waals surface area contributed by atoms with E-state index in [0.717, 1.165) is 21.8 Å². The molecular formula is C46H28N2S. The number of thiophene rings is 1. The third kappa shape index (κ3) is 4.62. The molecule has 0 aliphatic carbocycles. The van der Waals surface area contributed by atoms with Crippen molar-refractivity contribution in [1.29, 1.82) is 0 Å². The van der Waals surface area contributed by atoms with E-state index < -0.39 is 0 Å². The number of hydrogen-bond acceptors (Lipinski definition) is 3. The van der Waals surface area contributed by atoms with Gasteiger partial charge in [-0.3, -0.25) is 9.97 Å².